The van der Waals surface area contributed by atoms with Crippen molar-refractivity contribution in [2.75, 3.05) is 31.1 Å². The highest BCUT2D eigenvalue weighted by molar-refractivity contribution is 8.24. The van der Waals surface area contributed by atoms with Gasteiger partial charge in [0.1, 0.15) is 5.82 Å². The molecule has 1 unspecified atom stereocenters. The van der Waals surface area contributed by atoms with E-state index in [0.29, 0.717) is 31.9 Å². The summed E-state index contributed by atoms with van der Waals surface area (Å²) in [6.07, 6.45) is 7.26. The van der Waals surface area contributed by atoms with Gasteiger partial charge in [-0.2, -0.15) is 10.6 Å². The number of carbonyl (C=O) groups is 2. The molecular formula is C24H30N4O4S. The molecule has 0 aliphatic carbocycles. The van der Waals surface area contributed by atoms with Crippen LogP contribution in [0.1, 0.15) is 24.0 Å². The number of amides is 3. The quantitative estimate of drug-likeness (QED) is 0.544. The number of benzene rings is 1. The van der Waals surface area contributed by atoms with E-state index < -0.39 is 16.5 Å². The van der Waals surface area contributed by atoms with Crippen LogP contribution in [0.4, 0.5) is 4.79 Å². The molecule has 8 nitrogen and oxygen atoms in total. The zero-order valence-corrected chi connectivity index (χ0v) is 19.3. The van der Waals surface area contributed by atoms with Crippen LogP contribution in [0.2, 0.25) is 0 Å². The molecule has 0 radical (unpaired) electrons. The number of nitrogens with one attached hydrogen (secondary N) is 2. The highest BCUT2D eigenvalue weighted by Crippen LogP contribution is 2.49. The highest BCUT2D eigenvalue weighted by atomic mass is 32.3. The van der Waals surface area contributed by atoms with Gasteiger partial charge in [0, 0.05) is 31.1 Å². The summed E-state index contributed by atoms with van der Waals surface area (Å²) in [6, 6.07) is 7.75. The Morgan fingerprint density at radius 1 is 1.06 bits per heavy atom. The zero-order valence-electron chi connectivity index (χ0n) is 18.5. The van der Waals surface area contributed by atoms with Crippen LogP contribution >= 0.6 is 10.6 Å². The maximum atomic E-state index is 13.5. The normalized spacial score (nSPS) is 25.0. The van der Waals surface area contributed by atoms with Crippen molar-refractivity contribution < 1.29 is 18.7 Å². The molecule has 176 valence electrons. The van der Waals surface area contributed by atoms with Gasteiger partial charge in [0.15, 0.2) is 0 Å². The first-order valence-electron chi connectivity index (χ1n) is 11.4. The number of carbonyl (C=O) groups excluding carboxylic acids is 2. The molecule has 4 aliphatic heterocycles. The van der Waals surface area contributed by atoms with Crippen molar-refractivity contribution in [3.63, 3.8) is 0 Å². The fourth-order valence-corrected chi connectivity index (χ4v) is 6.69. The lowest BCUT2D eigenvalue weighted by Crippen LogP contribution is -2.47. The third kappa shape index (κ3) is 4.72. The van der Waals surface area contributed by atoms with Crippen LogP contribution in [-0.2, 0) is 17.9 Å². The minimum Gasteiger partial charge on any atom is -0.316 e. The third-order valence-corrected chi connectivity index (χ3v) is 8.60. The average molecular weight is 471 g/mol. The SMILES string of the molecule is O=C(NC1=CC=C(C2=CCNCC2)CN1C(=O)C1CCS(O)(O)C1)N1Cc2ccccc2C1. The molecule has 0 bridgehead atoms. The predicted molar refractivity (Wildman–Crippen MR) is 128 cm³/mol. The molecule has 1 aromatic rings. The van der Waals surface area contributed by atoms with E-state index in [1.165, 1.54) is 5.57 Å². The van der Waals surface area contributed by atoms with E-state index in [4.69, 9.17) is 0 Å². The van der Waals surface area contributed by atoms with Gasteiger partial charge in [0.05, 0.1) is 12.5 Å². The predicted octanol–water partition coefficient (Wildman–Crippen LogP) is 3.01. The lowest BCUT2D eigenvalue weighted by Gasteiger charge is -2.34. The Kier molecular flexibility index (Phi) is 6.05. The summed E-state index contributed by atoms with van der Waals surface area (Å²) in [5.41, 5.74) is 4.53. The molecule has 1 atom stereocenters. The number of urea groups is 1. The van der Waals surface area contributed by atoms with Crippen LogP contribution < -0.4 is 10.6 Å². The first-order chi connectivity index (χ1) is 15.9. The van der Waals surface area contributed by atoms with Crippen LogP contribution in [0.5, 0.6) is 0 Å². The first-order valence-corrected chi connectivity index (χ1v) is 13.3. The van der Waals surface area contributed by atoms with E-state index in [2.05, 4.69) is 16.7 Å². The Morgan fingerprint density at radius 2 is 1.82 bits per heavy atom. The van der Waals surface area contributed by atoms with Gasteiger partial charge < -0.3 is 10.2 Å². The summed E-state index contributed by atoms with van der Waals surface area (Å²) >= 11 is 0. The van der Waals surface area contributed by atoms with Crippen LogP contribution in [0, 0.1) is 5.92 Å². The van der Waals surface area contributed by atoms with Crippen LogP contribution in [0.3, 0.4) is 0 Å². The van der Waals surface area contributed by atoms with E-state index >= 15 is 0 Å². The summed E-state index contributed by atoms with van der Waals surface area (Å²) in [5.74, 6) is 0.185. The van der Waals surface area contributed by atoms with Gasteiger partial charge in [0.25, 0.3) is 0 Å². The van der Waals surface area contributed by atoms with Crippen LogP contribution in [-0.4, -0.2) is 62.0 Å². The van der Waals surface area contributed by atoms with Crippen LogP contribution in [0.25, 0.3) is 0 Å². The molecule has 9 heteroatoms. The smallest absolute Gasteiger partial charge is 0.316 e. The van der Waals surface area contributed by atoms with Gasteiger partial charge >= 0.3 is 6.03 Å². The molecule has 4 heterocycles. The molecule has 0 aromatic heterocycles. The molecule has 0 spiro atoms. The molecule has 4 aliphatic rings. The van der Waals surface area contributed by atoms with Crippen LogP contribution in [0.15, 0.2) is 59.5 Å². The number of fused-ring (bicyclic) bond motifs is 1. The zero-order chi connectivity index (χ0) is 23.0. The van der Waals surface area contributed by atoms with E-state index in [9.17, 15) is 18.7 Å². The highest BCUT2D eigenvalue weighted by Gasteiger charge is 2.38. The molecule has 4 N–H and O–H groups in total. The van der Waals surface area contributed by atoms with Gasteiger partial charge in [-0.05, 0) is 47.7 Å². The minimum absolute atomic E-state index is 0.0939. The van der Waals surface area contributed by atoms with Crippen molar-refractivity contribution in [1.82, 2.24) is 20.4 Å². The molecule has 1 aromatic carbocycles. The number of allylic oxidation sites excluding steroid dienone is 2. The Bertz CT molecular complexity index is 1040. The Balaban J connectivity index is 1.35. The van der Waals surface area contributed by atoms with Crippen molar-refractivity contribution in [2.45, 2.75) is 25.9 Å². The van der Waals surface area contributed by atoms with Gasteiger partial charge in [-0.3, -0.25) is 24.1 Å². The van der Waals surface area contributed by atoms with Crippen molar-refractivity contribution in [3.05, 3.63) is 70.6 Å². The second-order valence-corrected chi connectivity index (χ2v) is 11.4. The summed E-state index contributed by atoms with van der Waals surface area (Å²) < 4.78 is 20.1. The van der Waals surface area contributed by atoms with Gasteiger partial charge in [0.2, 0.25) is 5.91 Å². The standard InChI is InChI=1S/C24H30N4O4S/c29-23(21-9-12-33(31,32)16-21)28-15-20(17-7-10-25-11-8-17)5-6-22(28)26-24(30)27-13-18-3-1-2-4-19(18)14-27/h1-7,21,25,31-32H,8-16H2,(H,26,30). The lowest BCUT2D eigenvalue weighted by molar-refractivity contribution is -0.132. The second-order valence-electron chi connectivity index (χ2n) is 9.07. The van der Waals surface area contributed by atoms with E-state index in [0.717, 1.165) is 36.2 Å². The molecule has 1 fully saturated rings. The van der Waals surface area contributed by atoms with E-state index in [1.54, 1.807) is 15.9 Å². The lowest BCUT2D eigenvalue weighted by atomic mass is 9.96. The second kappa shape index (κ2) is 8.98. The first kappa shape index (κ1) is 22.2. The summed E-state index contributed by atoms with van der Waals surface area (Å²) in [5, 5.41) is 6.25. The van der Waals surface area contributed by atoms with Crippen molar-refractivity contribution in [1.29, 1.82) is 0 Å². The fourth-order valence-electron chi connectivity index (χ4n) is 4.91. The van der Waals surface area contributed by atoms with Gasteiger partial charge in [-0.15, -0.1) is 0 Å². The third-order valence-electron chi connectivity index (χ3n) is 6.78. The molecule has 33 heavy (non-hydrogen) atoms. The molecule has 5 rings (SSSR count). The number of hydrogen-bond acceptors (Lipinski definition) is 5. The molecule has 1 saturated heterocycles. The maximum absolute atomic E-state index is 13.5. The van der Waals surface area contributed by atoms with Crippen molar-refractivity contribution in [3.8, 4) is 0 Å². The largest absolute Gasteiger partial charge is 0.323 e. The summed E-state index contributed by atoms with van der Waals surface area (Å²) in [4.78, 5) is 29.9. The molecule has 3 amide bonds. The van der Waals surface area contributed by atoms with E-state index in [1.807, 2.05) is 30.3 Å². The summed E-state index contributed by atoms with van der Waals surface area (Å²) in [7, 11) is -2.69. The monoisotopic (exact) mass is 470 g/mol. The number of nitrogens with zero attached hydrogens (tertiary/aromatic N) is 2. The molecular weight excluding hydrogens is 440 g/mol. The maximum Gasteiger partial charge on any atom is 0.323 e. The van der Waals surface area contributed by atoms with Gasteiger partial charge in [-0.25, -0.2) is 4.79 Å². The Labute approximate surface area is 195 Å². The van der Waals surface area contributed by atoms with Crippen molar-refractivity contribution in [2.24, 2.45) is 5.92 Å². The summed E-state index contributed by atoms with van der Waals surface area (Å²) in [6.45, 7) is 3.13. The van der Waals surface area contributed by atoms with Crippen molar-refractivity contribution >= 4 is 22.5 Å². The Hall–Kier alpha value is -2.59. The average Bonchev–Trinajstić information content (AvgIpc) is 3.42. The topological polar surface area (TPSA) is 105 Å². The molecule has 0 saturated carbocycles. The number of rotatable bonds is 3. The van der Waals surface area contributed by atoms with Gasteiger partial charge in [-0.1, -0.05) is 36.4 Å². The number of hydrogen-bond donors (Lipinski definition) is 4. The van der Waals surface area contributed by atoms with E-state index in [-0.39, 0.29) is 23.4 Å². The fraction of sp³-hybridized carbons (Fsp3) is 0.417. The Morgan fingerprint density at radius 3 is 2.45 bits per heavy atom. The minimum atomic E-state index is -2.69.